The highest BCUT2D eigenvalue weighted by molar-refractivity contribution is 7.99. The number of benzene rings is 2. The van der Waals surface area contributed by atoms with Crippen molar-refractivity contribution < 1.29 is 9.59 Å². The van der Waals surface area contributed by atoms with Crippen molar-refractivity contribution >= 4 is 40.6 Å². The minimum atomic E-state index is -0.180. The molecule has 1 saturated heterocycles. The highest BCUT2D eigenvalue weighted by atomic mass is 32.2. The number of piperazine rings is 1. The van der Waals surface area contributed by atoms with Crippen molar-refractivity contribution in [1.82, 2.24) is 14.5 Å². The van der Waals surface area contributed by atoms with E-state index in [9.17, 15) is 9.59 Å². The Morgan fingerprint density at radius 1 is 1.03 bits per heavy atom. The molecule has 0 radical (unpaired) electrons. The third-order valence-corrected chi connectivity index (χ3v) is 7.24. The van der Waals surface area contributed by atoms with Crippen molar-refractivity contribution in [1.29, 1.82) is 0 Å². The number of amides is 2. The van der Waals surface area contributed by atoms with E-state index in [1.165, 1.54) is 17.4 Å². The van der Waals surface area contributed by atoms with Crippen LogP contribution in [0.3, 0.4) is 0 Å². The summed E-state index contributed by atoms with van der Waals surface area (Å²) in [6.07, 6.45) is 3.54. The zero-order chi connectivity index (χ0) is 24.8. The Balaban J connectivity index is 1.30. The molecule has 0 saturated carbocycles. The van der Waals surface area contributed by atoms with Gasteiger partial charge in [0.2, 0.25) is 5.91 Å². The fraction of sp³-hybridized carbons (Fsp3) is 0.346. The number of carbonyl (C=O) groups excluding carboxylic acids is 2. The number of anilines is 3. The number of rotatable bonds is 8. The second-order valence-corrected chi connectivity index (χ2v) is 9.55. The van der Waals surface area contributed by atoms with Crippen LogP contribution >= 0.6 is 11.8 Å². The molecular formula is C26H32N6O2S. The lowest BCUT2D eigenvalue weighted by Gasteiger charge is -2.35. The van der Waals surface area contributed by atoms with Gasteiger partial charge in [-0.3, -0.25) is 9.59 Å². The second kappa shape index (κ2) is 11.4. The number of imidazole rings is 1. The Hall–Kier alpha value is -3.30. The van der Waals surface area contributed by atoms with E-state index in [-0.39, 0.29) is 17.6 Å². The summed E-state index contributed by atoms with van der Waals surface area (Å²) in [6, 6.07) is 13.1. The first-order chi connectivity index (χ1) is 16.9. The molecule has 0 aliphatic carbocycles. The predicted molar refractivity (Wildman–Crippen MR) is 142 cm³/mol. The van der Waals surface area contributed by atoms with Crippen LogP contribution in [0.4, 0.5) is 17.1 Å². The van der Waals surface area contributed by atoms with Gasteiger partial charge in [-0.1, -0.05) is 18.7 Å². The summed E-state index contributed by atoms with van der Waals surface area (Å²) < 4.78 is 1.87. The molecule has 3 aromatic rings. The number of aromatic nitrogens is 2. The van der Waals surface area contributed by atoms with Crippen LogP contribution < -0.4 is 15.5 Å². The fourth-order valence-electron chi connectivity index (χ4n) is 4.02. The summed E-state index contributed by atoms with van der Waals surface area (Å²) >= 11 is 1.37. The molecule has 0 bridgehead atoms. The van der Waals surface area contributed by atoms with Crippen LogP contribution in [-0.2, 0) is 11.8 Å². The van der Waals surface area contributed by atoms with Crippen LogP contribution in [0, 0.1) is 6.92 Å². The summed E-state index contributed by atoms with van der Waals surface area (Å²) in [4.78, 5) is 34.1. The molecule has 0 unspecified atom stereocenters. The normalized spacial score (nSPS) is 14.1. The minimum absolute atomic E-state index is 0.123. The van der Waals surface area contributed by atoms with E-state index in [4.69, 9.17) is 0 Å². The maximum Gasteiger partial charge on any atom is 0.255 e. The zero-order valence-corrected chi connectivity index (χ0v) is 21.3. The van der Waals surface area contributed by atoms with E-state index in [1.54, 1.807) is 30.5 Å². The summed E-state index contributed by atoms with van der Waals surface area (Å²) in [5.74, 6) is -0.0425. The monoisotopic (exact) mass is 492 g/mol. The number of thioether (sulfide) groups is 1. The number of hydrogen-bond acceptors (Lipinski definition) is 6. The van der Waals surface area contributed by atoms with Gasteiger partial charge in [0.05, 0.1) is 5.75 Å². The maximum absolute atomic E-state index is 12.8. The summed E-state index contributed by atoms with van der Waals surface area (Å²) in [7, 11) is 1.89. The topological polar surface area (TPSA) is 82.5 Å². The zero-order valence-electron chi connectivity index (χ0n) is 20.5. The molecule has 2 N–H and O–H groups in total. The first-order valence-electron chi connectivity index (χ1n) is 11.8. The molecule has 9 heteroatoms. The summed E-state index contributed by atoms with van der Waals surface area (Å²) in [6.45, 7) is 9.50. The van der Waals surface area contributed by atoms with Gasteiger partial charge in [-0.25, -0.2) is 4.98 Å². The molecule has 2 heterocycles. The molecule has 4 rings (SSSR count). The smallest absolute Gasteiger partial charge is 0.255 e. The Morgan fingerprint density at radius 3 is 2.40 bits per heavy atom. The van der Waals surface area contributed by atoms with Crippen molar-refractivity contribution in [3.8, 4) is 0 Å². The molecule has 2 aromatic carbocycles. The minimum Gasteiger partial charge on any atom is -0.369 e. The van der Waals surface area contributed by atoms with E-state index in [0.29, 0.717) is 11.3 Å². The van der Waals surface area contributed by atoms with Gasteiger partial charge in [-0.15, -0.1) is 0 Å². The molecule has 2 amide bonds. The standard InChI is InChI=1S/C26H32N6O2S/c1-4-31-13-15-32(16-14-31)22-9-10-23(19(2)17-22)29-25(34)20-5-7-21(8-6-20)28-24(33)18-35-26-27-11-12-30(26)3/h5-12,17H,4,13-16,18H2,1-3H3,(H,28,33)(H,29,34). The molecule has 35 heavy (non-hydrogen) atoms. The average Bonchev–Trinajstić information content (AvgIpc) is 3.29. The van der Waals surface area contributed by atoms with Gasteiger partial charge in [-0.2, -0.15) is 0 Å². The highest BCUT2D eigenvalue weighted by Crippen LogP contribution is 2.24. The van der Waals surface area contributed by atoms with Gasteiger partial charge >= 0.3 is 0 Å². The summed E-state index contributed by atoms with van der Waals surface area (Å²) in [5.41, 5.74) is 4.20. The Labute approximate surface area is 210 Å². The number of hydrogen-bond donors (Lipinski definition) is 2. The largest absolute Gasteiger partial charge is 0.369 e. The van der Waals surface area contributed by atoms with Crippen LogP contribution in [-0.4, -0.2) is 64.7 Å². The quantitative estimate of drug-likeness (QED) is 0.465. The van der Waals surface area contributed by atoms with Crippen LogP contribution in [0.5, 0.6) is 0 Å². The third-order valence-electron chi connectivity index (χ3n) is 6.18. The van der Waals surface area contributed by atoms with Gasteiger partial charge in [0.1, 0.15) is 0 Å². The molecule has 184 valence electrons. The van der Waals surface area contributed by atoms with Gasteiger partial charge < -0.3 is 25.0 Å². The number of nitrogens with zero attached hydrogens (tertiary/aromatic N) is 4. The van der Waals surface area contributed by atoms with E-state index in [0.717, 1.165) is 49.1 Å². The first kappa shape index (κ1) is 24.8. The fourth-order valence-corrected chi connectivity index (χ4v) is 4.76. The van der Waals surface area contributed by atoms with E-state index in [1.807, 2.05) is 30.8 Å². The van der Waals surface area contributed by atoms with Crippen LogP contribution in [0.1, 0.15) is 22.8 Å². The molecule has 1 aromatic heterocycles. The molecule has 0 atom stereocenters. The number of aryl methyl sites for hydroxylation is 2. The molecule has 0 spiro atoms. The first-order valence-corrected chi connectivity index (χ1v) is 12.8. The lowest BCUT2D eigenvalue weighted by atomic mass is 10.1. The predicted octanol–water partition coefficient (Wildman–Crippen LogP) is 3.85. The molecule has 8 nitrogen and oxygen atoms in total. The molecule has 1 aliphatic heterocycles. The van der Waals surface area contributed by atoms with Crippen LogP contribution in [0.25, 0.3) is 0 Å². The summed E-state index contributed by atoms with van der Waals surface area (Å²) in [5, 5.41) is 6.65. The highest BCUT2D eigenvalue weighted by Gasteiger charge is 2.17. The van der Waals surface area contributed by atoms with Gasteiger partial charge in [0.15, 0.2) is 5.16 Å². The lowest BCUT2D eigenvalue weighted by Crippen LogP contribution is -2.46. The number of nitrogens with one attached hydrogen (secondary N) is 2. The van der Waals surface area contributed by atoms with E-state index < -0.39 is 0 Å². The SMILES string of the molecule is CCN1CCN(c2ccc(NC(=O)c3ccc(NC(=O)CSc4nccn4C)cc3)c(C)c2)CC1. The van der Waals surface area contributed by atoms with Gasteiger partial charge in [-0.05, 0) is 61.5 Å². The van der Waals surface area contributed by atoms with Crippen molar-refractivity contribution in [2.45, 2.75) is 19.0 Å². The van der Waals surface area contributed by atoms with E-state index in [2.05, 4.69) is 44.5 Å². The van der Waals surface area contributed by atoms with Crippen molar-refractivity contribution in [2.75, 3.05) is 54.0 Å². The Bertz CT molecular complexity index is 1170. The average molecular weight is 493 g/mol. The van der Waals surface area contributed by atoms with Crippen LogP contribution in [0.15, 0.2) is 60.0 Å². The number of likely N-dealkylation sites (N-methyl/N-ethyl adjacent to an activating group) is 1. The van der Waals surface area contributed by atoms with Gasteiger partial charge in [0.25, 0.3) is 5.91 Å². The Morgan fingerprint density at radius 2 is 1.77 bits per heavy atom. The molecule has 1 aliphatic rings. The van der Waals surface area contributed by atoms with Crippen molar-refractivity contribution in [2.24, 2.45) is 7.05 Å². The van der Waals surface area contributed by atoms with Crippen LogP contribution in [0.2, 0.25) is 0 Å². The molecule has 1 fully saturated rings. The Kier molecular flexibility index (Phi) is 8.09. The second-order valence-electron chi connectivity index (χ2n) is 8.61. The third kappa shape index (κ3) is 6.43. The number of carbonyl (C=O) groups is 2. The van der Waals surface area contributed by atoms with E-state index >= 15 is 0 Å². The maximum atomic E-state index is 12.8. The van der Waals surface area contributed by atoms with Gasteiger partial charge in [0, 0.05) is 68.2 Å². The molecular weight excluding hydrogens is 460 g/mol. The lowest BCUT2D eigenvalue weighted by molar-refractivity contribution is -0.113. The van der Waals surface area contributed by atoms with Crippen molar-refractivity contribution in [3.63, 3.8) is 0 Å². The van der Waals surface area contributed by atoms with Crippen molar-refractivity contribution in [3.05, 3.63) is 66.0 Å².